The number of nitrogen functional groups attached to an aromatic ring is 1. The Morgan fingerprint density at radius 1 is 1.11 bits per heavy atom. The smallest absolute Gasteiger partial charge is 0.0928 e. The SMILES string of the molecule is Nc1ccc2c(C=Cc3ccccn3)n[nH]c2c1. The number of hydrogen-bond donors (Lipinski definition) is 2. The van der Waals surface area contributed by atoms with Crippen molar-refractivity contribution in [3.05, 3.63) is 54.0 Å². The van der Waals surface area contributed by atoms with Crippen molar-refractivity contribution in [2.75, 3.05) is 5.73 Å². The average Bonchev–Trinajstić information content (AvgIpc) is 2.80. The molecule has 4 heteroatoms. The number of aromatic amines is 1. The molecule has 2 aromatic heterocycles. The van der Waals surface area contributed by atoms with Crippen molar-refractivity contribution in [1.29, 1.82) is 0 Å². The van der Waals surface area contributed by atoms with Crippen LogP contribution in [0, 0.1) is 0 Å². The summed E-state index contributed by atoms with van der Waals surface area (Å²) in [5.41, 5.74) is 9.18. The van der Waals surface area contributed by atoms with Crippen molar-refractivity contribution in [2.45, 2.75) is 0 Å². The number of fused-ring (bicyclic) bond motifs is 1. The Kier molecular flexibility index (Phi) is 2.53. The van der Waals surface area contributed by atoms with E-state index < -0.39 is 0 Å². The molecule has 1 aromatic carbocycles. The van der Waals surface area contributed by atoms with Gasteiger partial charge in [-0.05, 0) is 42.5 Å². The van der Waals surface area contributed by atoms with Gasteiger partial charge < -0.3 is 5.73 Å². The summed E-state index contributed by atoms with van der Waals surface area (Å²) in [6, 6.07) is 11.5. The minimum Gasteiger partial charge on any atom is -0.399 e. The second-order valence-electron chi connectivity index (χ2n) is 4.00. The fourth-order valence-electron chi connectivity index (χ4n) is 1.82. The minimum atomic E-state index is 0.728. The van der Waals surface area contributed by atoms with Gasteiger partial charge in [0.1, 0.15) is 0 Å². The van der Waals surface area contributed by atoms with Crippen LogP contribution < -0.4 is 5.73 Å². The van der Waals surface area contributed by atoms with Crippen LogP contribution in [0.4, 0.5) is 5.69 Å². The largest absolute Gasteiger partial charge is 0.399 e. The first kappa shape index (κ1) is 10.5. The van der Waals surface area contributed by atoms with Crippen LogP contribution in [0.5, 0.6) is 0 Å². The molecule has 3 aromatic rings. The van der Waals surface area contributed by atoms with E-state index in [-0.39, 0.29) is 0 Å². The minimum absolute atomic E-state index is 0.728. The van der Waals surface area contributed by atoms with E-state index in [0.29, 0.717) is 0 Å². The van der Waals surface area contributed by atoms with Crippen LogP contribution in [-0.2, 0) is 0 Å². The van der Waals surface area contributed by atoms with Gasteiger partial charge in [0, 0.05) is 17.3 Å². The number of anilines is 1. The van der Waals surface area contributed by atoms with Gasteiger partial charge in [-0.25, -0.2) is 0 Å². The third kappa shape index (κ3) is 1.96. The summed E-state index contributed by atoms with van der Waals surface area (Å²) in [6.07, 6.45) is 5.65. The lowest BCUT2D eigenvalue weighted by Gasteiger charge is -1.93. The van der Waals surface area contributed by atoms with Gasteiger partial charge in [0.15, 0.2) is 0 Å². The molecule has 0 saturated heterocycles. The lowest BCUT2D eigenvalue weighted by atomic mass is 10.2. The summed E-state index contributed by atoms with van der Waals surface area (Å²) in [5, 5.41) is 8.27. The summed E-state index contributed by atoms with van der Waals surface area (Å²) < 4.78 is 0. The van der Waals surface area contributed by atoms with E-state index in [1.807, 2.05) is 48.6 Å². The van der Waals surface area contributed by atoms with Crippen LogP contribution in [0.1, 0.15) is 11.4 Å². The normalized spacial score (nSPS) is 11.3. The molecule has 0 spiro atoms. The average molecular weight is 236 g/mol. The van der Waals surface area contributed by atoms with Gasteiger partial charge in [-0.1, -0.05) is 6.07 Å². The maximum Gasteiger partial charge on any atom is 0.0928 e. The van der Waals surface area contributed by atoms with Crippen LogP contribution in [0.15, 0.2) is 42.6 Å². The molecule has 0 aliphatic carbocycles. The Labute approximate surface area is 104 Å². The maximum atomic E-state index is 5.72. The van der Waals surface area contributed by atoms with Gasteiger partial charge in [-0.15, -0.1) is 0 Å². The number of benzene rings is 1. The summed E-state index contributed by atoms with van der Waals surface area (Å²) in [4.78, 5) is 4.23. The summed E-state index contributed by atoms with van der Waals surface area (Å²) in [6.45, 7) is 0. The molecule has 2 heterocycles. The zero-order valence-electron chi connectivity index (χ0n) is 9.67. The molecule has 3 N–H and O–H groups in total. The molecule has 0 aliphatic rings. The van der Waals surface area contributed by atoms with Crippen molar-refractivity contribution >= 4 is 28.7 Å². The molecule has 0 aliphatic heterocycles. The standard InChI is InChI=1S/C14H12N4/c15-10-4-6-12-13(17-18-14(12)9-10)7-5-11-3-1-2-8-16-11/h1-9H,15H2,(H,17,18). The highest BCUT2D eigenvalue weighted by Crippen LogP contribution is 2.20. The Balaban J connectivity index is 1.98. The molecule has 0 atom stereocenters. The van der Waals surface area contributed by atoms with Crippen molar-refractivity contribution in [3.63, 3.8) is 0 Å². The first-order valence-electron chi connectivity index (χ1n) is 5.66. The predicted molar refractivity (Wildman–Crippen MR) is 73.7 cm³/mol. The van der Waals surface area contributed by atoms with Gasteiger partial charge in [-0.2, -0.15) is 5.10 Å². The number of nitrogens with two attached hydrogens (primary N) is 1. The molecule has 18 heavy (non-hydrogen) atoms. The fourth-order valence-corrected chi connectivity index (χ4v) is 1.82. The van der Waals surface area contributed by atoms with Crippen LogP contribution in [0.3, 0.4) is 0 Å². The van der Waals surface area contributed by atoms with Gasteiger partial charge >= 0.3 is 0 Å². The number of aromatic nitrogens is 3. The number of pyridine rings is 1. The third-order valence-corrected chi connectivity index (χ3v) is 2.72. The number of rotatable bonds is 2. The van der Waals surface area contributed by atoms with Gasteiger partial charge in [0.05, 0.1) is 16.9 Å². The second kappa shape index (κ2) is 4.33. The Morgan fingerprint density at radius 2 is 2.06 bits per heavy atom. The molecule has 0 amide bonds. The Bertz CT molecular complexity index is 698. The van der Waals surface area contributed by atoms with Crippen molar-refractivity contribution in [1.82, 2.24) is 15.2 Å². The third-order valence-electron chi connectivity index (χ3n) is 2.72. The van der Waals surface area contributed by atoms with Gasteiger partial charge in [0.2, 0.25) is 0 Å². The molecular formula is C14H12N4. The van der Waals surface area contributed by atoms with Crippen LogP contribution in [0.2, 0.25) is 0 Å². The molecule has 0 saturated carbocycles. The number of nitrogens with zero attached hydrogens (tertiary/aromatic N) is 2. The molecule has 4 nitrogen and oxygen atoms in total. The second-order valence-corrected chi connectivity index (χ2v) is 4.00. The summed E-state index contributed by atoms with van der Waals surface area (Å²) >= 11 is 0. The monoisotopic (exact) mass is 236 g/mol. The molecule has 0 fully saturated rings. The van der Waals surface area contributed by atoms with E-state index in [0.717, 1.165) is 28.0 Å². The first-order valence-corrected chi connectivity index (χ1v) is 5.66. The van der Waals surface area contributed by atoms with Crippen LogP contribution in [-0.4, -0.2) is 15.2 Å². The first-order chi connectivity index (χ1) is 8.83. The Hall–Kier alpha value is -2.62. The van der Waals surface area contributed by atoms with Crippen molar-refractivity contribution in [3.8, 4) is 0 Å². The van der Waals surface area contributed by atoms with Gasteiger partial charge in [0.25, 0.3) is 0 Å². The number of H-pyrrole nitrogens is 1. The fraction of sp³-hybridized carbons (Fsp3) is 0. The van der Waals surface area contributed by atoms with Gasteiger partial charge in [-0.3, -0.25) is 10.1 Å². The molecule has 3 rings (SSSR count). The highest BCUT2D eigenvalue weighted by atomic mass is 15.1. The number of nitrogens with one attached hydrogen (secondary N) is 1. The topological polar surface area (TPSA) is 67.6 Å². The van der Waals surface area contributed by atoms with Crippen LogP contribution >= 0.6 is 0 Å². The van der Waals surface area contributed by atoms with E-state index >= 15 is 0 Å². The summed E-state index contributed by atoms with van der Waals surface area (Å²) in [5.74, 6) is 0. The van der Waals surface area contributed by atoms with E-state index in [9.17, 15) is 0 Å². The molecule has 0 bridgehead atoms. The van der Waals surface area contributed by atoms with E-state index in [1.54, 1.807) is 6.20 Å². The molecular weight excluding hydrogens is 224 g/mol. The molecule has 0 radical (unpaired) electrons. The number of hydrogen-bond acceptors (Lipinski definition) is 3. The zero-order valence-corrected chi connectivity index (χ0v) is 9.67. The Morgan fingerprint density at radius 3 is 2.89 bits per heavy atom. The van der Waals surface area contributed by atoms with E-state index in [4.69, 9.17) is 5.73 Å². The van der Waals surface area contributed by atoms with E-state index in [1.165, 1.54) is 0 Å². The highest BCUT2D eigenvalue weighted by Gasteiger charge is 2.02. The molecule has 88 valence electrons. The molecule has 0 unspecified atom stereocenters. The zero-order chi connectivity index (χ0) is 12.4. The van der Waals surface area contributed by atoms with Crippen LogP contribution in [0.25, 0.3) is 23.1 Å². The predicted octanol–water partition coefficient (Wildman–Crippen LogP) is 2.71. The van der Waals surface area contributed by atoms with Crippen molar-refractivity contribution < 1.29 is 0 Å². The van der Waals surface area contributed by atoms with Crippen molar-refractivity contribution in [2.24, 2.45) is 0 Å². The van der Waals surface area contributed by atoms with E-state index in [2.05, 4.69) is 15.2 Å². The maximum absolute atomic E-state index is 5.72. The quantitative estimate of drug-likeness (QED) is 0.672. The lowest BCUT2D eigenvalue weighted by Crippen LogP contribution is -1.82. The summed E-state index contributed by atoms with van der Waals surface area (Å²) in [7, 11) is 0. The lowest BCUT2D eigenvalue weighted by molar-refractivity contribution is 1.11. The highest BCUT2D eigenvalue weighted by molar-refractivity contribution is 5.90.